The number of benzene rings is 8. The fraction of sp³-hybridized carbons (Fsp3) is 0. The minimum atomic E-state index is 0.889. The smallest absolute Gasteiger partial charge is 0.135 e. The average Bonchev–Trinajstić information content (AvgIpc) is 3.80. The van der Waals surface area contributed by atoms with Gasteiger partial charge in [-0.1, -0.05) is 146 Å². The van der Waals surface area contributed by atoms with Gasteiger partial charge in [0.2, 0.25) is 0 Å². The Balaban J connectivity index is 1.04. The van der Waals surface area contributed by atoms with Crippen molar-refractivity contribution in [2.45, 2.75) is 0 Å². The highest BCUT2D eigenvalue weighted by Gasteiger charge is 2.21. The lowest BCUT2D eigenvalue weighted by atomic mass is 9.97. The molecule has 0 N–H and O–H groups in total. The number of furan rings is 1. The molecular weight excluding hydrogens is 669 g/mol. The molecule has 0 unspecified atom stereocenters. The molecular formula is C52H36N2O. The molecule has 0 bridgehead atoms. The molecule has 0 aliphatic rings. The monoisotopic (exact) mass is 704 g/mol. The summed E-state index contributed by atoms with van der Waals surface area (Å²) in [5, 5.41) is 3.44. The van der Waals surface area contributed by atoms with Gasteiger partial charge in [-0.2, -0.15) is 0 Å². The Kier molecular flexibility index (Phi) is 8.16. The summed E-state index contributed by atoms with van der Waals surface area (Å²) in [5.41, 5.74) is 14.4. The van der Waals surface area contributed by atoms with Crippen molar-refractivity contribution >= 4 is 62.1 Å². The van der Waals surface area contributed by atoms with E-state index in [1.165, 1.54) is 33.3 Å². The molecule has 0 fully saturated rings. The third kappa shape index (κ3) is 5.98. The topological polar surface area (TPSA) is 21.3 Å². The molecule has 10 rings (SSSR count). The van der Waals surface area contributed by atoms with Crippen LogP contribution < -0.4 is 4.90 Å². The Morgan fingerprint density at radius 2 is 0.964 bits per heavy atom. The highest BCUT2D eigenvalue weighted by atomic mass is 16.3. The summed E-state index contributed by atoms with van der Waals surface area (Å²) in [4.78, 5) is 2.30. The van der Waals surface area contributed by atoms with Crippen molar-refractivity contribution in [2.24, 2.45) is 0 Å². The summed E-state index contributed by atoms with van der Waals surface area (Å²) < 4.78 is 8.56. The maximum absolute atomic E-state index is 6.15. The molecule has 2 aromatic heterocycles. The minimum absolute atomic E-state index is 0.889. The normalized spacial score (nSPS) is 11.6. The number of fused-ring (bicyclic) bond motifs is 4. The maximum atomic E-state index is 6.15. The van der Waals surface area contributed by atoms with E-state index in [4.69, 9.17) is 4.42 Å². The first-order chi connectivity index (χ1) is 27.3. The molecule has 3 nitrogen and oxygen atoms in total. The number of para-hydroxylation sites is 3. The van der Waals surface area contributed by atoms with Gasteiger partial charge in [0.25, 0.3) is 0 Å². The number of anilines is 3. The fourth-order valence-corrected chi connectivity index (χ4v) is 7.83. The second-order valence-corrected chi connectivity index (χ2v) is 13.8. The molecule has 0 aliphatic heterocycles. The van der Waals surface area contributed by atoms with Crippen molar-refractivity contribution < 1.29 is 4.42 Å². The van der Waals surface area contributed by atoms with Crippen LogP contribution in [0.2, 0.25) is 0 Å². The van der Waals surface area contributed by atoms with Crippen molar-refractivity contribution in [3.63, 3.8) is 0 Å². The molecule has 0 amide bonds. The van der Waals surface area contributed by atoms with Gasteiger partial charge >= 0.3 is 0 Å². The predicted octanol–water partition coefficient (Wildman–Crippen LogP) is 14.5. The van der Waals surface area contributed by atoms with Gasteiger partial charge < -0.3 is 13.9 Å². The van der Waals surface area contributed by atoms with Gasteiger partial charge in [-0.3, -0.25) is 0 Å². The van der Waals surface area contributed by atoms with Gasteiger partial charge in [-0.05, 0) is 95.1 Å². The molecule has 8 aromatic carbocycles. The van der Waals surface area contributed by atoms with E-state index < -0.39 is 0 Å². The van der Waals surface area contributed by atoms with Crippen LogP contribution >= 0.6 is 0 Å². The van der Waals surface area contributed by atoms with E-state index in [-0.39, 0.29) is 0 Å². The SMILES string of the molecule is C(=C\c1ccc2c(c1)c(-c1ccccc1)c(-c1ccccc1)n2-c1ccccc1)/c1ccc(N(c2ccccc2)c2ccc3oc4ccccc4c3c2)cc1. The number of aromatic nitrogens is 1. The van der Waals surface area contributed by atoms with Crippen LogP contribution in [-0.4, -0.2) is 4.57 Å². The molecule has 0 spiro atoms. The van der Waals surface area contributed by atoms with E-state index in [0.717, 1.165) is 55.8 Å². The highest BCUT2D eigenvalue weighted by molar-refractivity contribution is 6.07. The summed E-state index contributed by atoms with van der Waals surface area (Å²) in [6.45, 7) is 0. The van der Waals surface area contributed by atoms with Crippen LogP contribution in [0.15, 0.2) is 211 Å². The molecule has 0 saturated carbocycles. The van der Waals surface area contributed by atoms with Crippen LogP contribution in [0, 0.1) is 0 Å². The van der Waals surface area contributed by atoms with Crippen molar-refractivity contribution in [3.8, 4) is 28.1 Å². The summed E-state index contributed by atoms with van der Waals surface area (Å²) in [6.07, 6.45) is 4.42. The second kappa shape index (κ2) is 13.9. The Labute approximate surface area is 320 Å². The van der Waals surface area contributed by atoms with Crippen molar-refractivity contribution in [1.82, 2.24) is 4.57 Å². The summed E-state index contributed by atoms with van der Waals surface area (Å²) in [5.74, 6) is 0. The van der Waals surface area contributed by atoms with E-state index in [0.29, 0.717) is 0 Å². The van der Waals surface area contributed by atoms with Crippen LogP contribution in [-0.2, 0) is 0 Å². The van der Waals surface area contributed by atoms with Gasteiger partial charge in [0, 0.05) is 44.5 Å². The van der Waals surface area contributed by atoms with Crippen molar-refractivity contribution in [1.29, 1.82) is 0 Å². The zero-order valence-electron chi connectivity index (χ0n) is 30.1. The van der Waals surface area contributed by atoms with Crippen LogP contribution in [0.3, 0.4) is 0 Å². The fourth-order valence-electron chi connectivity index (χ4n) is 7.83. The van der Waals surface area contributed by atoms with Gasteiger partial charge in [0.05, 0.1) is 11.2 Å². The minimum Gasteiger partial charge on any atom is -0.456 e. The van der Waals surface area contributed by atoms with Gasteiger partial charge in [0.15, 0.2) is 0 Å². The van der Waals surface area contributed by atoms with E-state index >= 15 is 0 Å². The average molecular weight is 705 g/mol. The van der Waals surface area contributed by atoms with Gasteiger partial charge in [0.1, 0.15) is 11.2 Å². The van der Waals surface area contributed by atoms with E-state index in [1.54, 1.807) is 0 Å². The third-order valence-electron chi connectivity index (χ3n) is 10.4. The molecule has 2 heterocycles. The summed E-state index contributed by atoms with van der Waals surface area (Å²) in [7, 11) is 0. The summed E-state index contributed by atoms with van der Waals surface area (Å²) >= 11 is 0. The van der Waals surface area contributed by atoms with E-state index in [9.17, 15) is 0 Å². The summed E-state index contributed by atoms with van der Waals surface area (Å²) in [6, 6.07) is 73.0. The first-order valence-corrected chi connectivity index (χ1v) is 18.7. The molecule has 0 radical (unpaired) electrons. The Morgan fingerprint density at radius 1 is 0.400 bits per heavy atom. The third-order valence-corrected chi connectivity index (χ3v) is 10.4. The van der Waals surface area contributed by atoms with E-state index in [1.807, 2.05) is 12.1 Å². The molecule has 55 heavy (non-hydrogen) atoms. The molecule has 10 aromatic rings. The Hall–Kier alpha value is -7.36. The quantitative estimate of drug-likeness (QED) is 0.147. The molecule has 0 saturated heterocycles. The van der Waals surface area contributed by atoms with Crippen LogP contribution in [0.25, 0.3) is 73.1 Å². The predicted molar refractivity (Wildman–Crippen MR) is 231 cm³/mol. The zero-order chi connectivity index (χ0) is 36.6. The Morgan fingerprint density at radius 3 is 1.71 bits per heavy atom. The van der Waals surface area contributed by atoms with E-state index in [2.05, 4.69) is 216 Å². The van der Waals surface area contributed by atoms with Crippen molar-refractivity contribution in [3.05, 3.63) is 217 Å². The number of nitrogens with zero attached hydrogens (tertiary/aromatic N) is 2. The lowest BCUT2D eigenvalue weighted by Gasteiger charge is -2.25. The van der Waals surface area contributed by atoms with Gasteiger partial charge in [-0.15, -0.1) is 0 Å². The standard InChI is InChI=1S/C52H36N2O/c1-5-15-39(16-6-1)51-47-35-38(29-33-48(47)54(42-21-11-4-12-22-42)52(51)40-17-7-2-8-18-40)26-25-37-27-30-43(31-28-37)53(41-19-9-3-10-20-41)44-32-34-50-46(36-44)45-23-13-14-24-49(45)55-50/h1-36H/b26-25+. The highest BCUT2D eigenvalue weighted by Crippen LogP contribution is 2.43. The molecule has 0 aliphatic carbocycles. The molecule has 3 heteroatoms. The zero-order valence-corrected chi connectivity index (χ0v) is 30.1. The Bertz CT molecular complexity index is 2940. The second-order valence-electron chi connectivity index (χ2n) is 13.8. The largest absolute Gasteiger partial charge is 0.456 e. The molecule has 0 atom stereocenters. The number of hydrogen-bond donors (Lipinski definition) is 0. The lowest BCUT2D eigenvalue weighted by molar-refractivity contribution is 0.669. The number of rotatable bonds is 8. The van der Waals surface area contributed by atoms with Crippen molar-refractivity contribution in [2.75, 3.05) is 4.90 Å². The first kappa shape index (κ1) is 32.3. The van der Waals surface area contributed by atoms with Crippen LogP contribution in [0.4, 0.5) is 17.1 Å². The number of hydrogen-bond acceptors (Lipinski definition) is 2. The lowest BCUT2D eigenvalue weighted by Crippen LogP contribution is -2.09. The molecule has 260 valence electrons. The van der Waals surface area contributed by atoms with Gasteiger partial charge in [-0.25, -0.2) is 0 Å². The first-order valence-electron chi connectivity index (χ1n) is 18.7. The van der Waals surface area contributed by atoms with Crippen LogP contribution in [0.5, 0.6) is 0 Å². The van der Waals surface area contributed by atoms with Crippen LogP contribution in [0.1, 0.15) is 11.1 Å². The maximum Gasteiger partial charge on any atom is 0.135 e.